The monoisotopic (exact) mass is 370 g/mol. The van der Waals surface area contributed by atoms with Crippen molar-refractivity contribution in [3.63, 3.8) is 0 Å². The van der Waals surface area contributed by atoms with Crippen molar-refractivity contribution in [1.82, 2.24) is 4.90 Å². The topological polar surface area (TPSA) is 32.8 Å². The van der Waals surface area contributed by atoms with E-state index in [1.807, 2.05) is 11.0 Å². The van der Waals surface area contributed by atoms with Gasteiger partial charge in [-0.3, -0.25) is 9.69 Å². The first-order valence-electron chi connectivity index (χ1n) is 10.2. The van der Waals surface area contributed by atoms with Crippen molar-refractivity contribution in [2.45, 2.75) is 52.4 Å². The molecule has 3 rings (SSSR count). The van der Waals surface area contributed by atoms with Gasteiger partial charge in [-0.1, -0.05) is 25.5 Å². The molecule has 0 unspecified atom stereocenters. The van der Waals surface area contributed by atoms with E-state index in [-0.39, 0.29) is 11.3 Å². The van der Waals surface area contributed by atoms with Crippen LogP contribution in [0, 0.1) is 5.92 Å². The molecule has 0 radical (unpaired) electrons. The molecule has 1 spiro atoms. The number of fused-ring (bicyclic) bond motifs is 2. The zero-order valence-corrected chi connectivity index (χ0v) is 17.5. The highest BCUT2D eigenvalue weighted by Crippen LogP contribution is 2.48. The fraction of sp³-hybridized carbons (Fsp3) is 0.609. The zero-order valence-electron chi connectivity index (χ0n) is 17.5. The van der Waals surface area contributed by atoms with Crippen LogP contribution in [0.5, 0.6) is 5.75 Å². The third-order valence-electron chi connectivity index (χ3n) is 5.98. The summed E-state index contributed by atoms with van der Waals surface area (Å²) in [7, 11) is 1.72. The number of piperidine rings is 1. The number of benzene rings is 1. The number of hydrogen-bond donors (Lipinski definition) is 0. The second kappa shape index (κ2) is 8.05. The Kier molecular flexibility index (Phi) is 5.95. The normalized spacial score (nSPS) is 18.7. The number of likely N-dealkylation sites (tertiary alicyclic amines) is 1. The summed E-state index contributed by atoms with van der Waals surface area (Å²) in [6, 6.07) is 6.23. The molecule has 4 heteroatoms. The maximum atomic E-state index is 12.9. The number of carbonyl (C=O) groups is 1. The minimum Gasteiger partial charge on any atom is -0.497 e. The predicted octanol–water partition coefficient (Wildman–Crippen LogP) is 4.39. The number of rotatable bonds is 5. The van der Waals surface area contributed by atoms with Gasteiger partial charge in [0.15, 0.2) is 0 Å². The van der Waals surface area contributed by atoms with Gasteiger partial charge in [0, 0.05) is 30.6 Å². The molecule has 148 valence electrons. The largest absolute Gasteiger partial charge is 0.497 e. The lowest BCUT2D eigenvalue weighted by Gasteiger charge is -2.39. The molecular weight excluding hydrogens is 336 g/mol. The SMILES string of the molecule is COc1ccc2c(c1)C1(CCN(CC=C(C)C)CC1)CN2C(=O)CC(C)C. The summed E-state index contributed by atoms with van der Waals surface area (Å²) >= 11 is 0. The van der Waals surface area contributed by atoms with E-state index in [1.54, 1.807) is 7.11 Å². The van der Waals surface area contributed by atoms with E-state index in [4.69, 9.17) is 4.74 Å². The molecule has 0 saturated carbocycles. The number of methoxy groups -OCH3 is 1. The lowest BCUT2D eigenvalue weighted by Crippen LogP contribution is -2.46. The highest BCUT2D eigenvalue weighted by Gasteiger charge is 2.46. The van der Waals surface area contributed by atoms with E-state index in [0.29, 0.717) is 12.3 Å². The van der Waals surface area contributed by atoms with Crippen LogP contribution >= 0.6 is 0 Å². The molecular formula is C23H34N2O2. The molecule has 2 aliphatic heterocycles. The zero-order chi connectivity index (χ0) is 19.6. The Morgan fingerprint density at radius 3 is 2.56 bits per heavy atom. The highest BCUT2D eigenvalue weighted by molar-refractivity contribution is 5.96. The number of ether oxygens (including phenoxy) is 1. The van der Waals surface area contributed by atoms with Crippen molar-refractivity contribution in [2.24, 2.45) is 5.92 Å². The van der Waals surface area contributed by atoms with E-state index in [1.165, 1.54) is 11.1 Å². The highest BCUT2D eigenvalue weighted by atomic mass is 16.5. The molecule has 0 atom stereocenters. The molecule has 1 aromatic carbocycles. The van der Waals surface area contributed by atoms with Gasteiger partial charge in [-0.15, -0.1) is 0 Å². The fourth-order valence-electron chi connectivity index (χ4n) is 4.36. The van der Waals surface area contributed by atoms with Crippen molar-refractivity contribution in [3.8, 4) is 5.75 Å². The van der Waals surface area contributed by atoms with Gasteiger partial charge in [-0.25, -0.2) is 0 Å². The second-order valence-electron chi connectivity index (χ2n) is 8.82. The molecule has 1 saturated heterocycles. The van der Waals surface area contributed by atoms with Gasteiger partial charge in [-0.05, 0) is 69.5 Å². The first kappa shape index (κ1) is 19.9. The summed E-state index contributed by atoms with van der Waals surface area (Å²) in [4.78, 5) is 17.5. The number of carbonyl (C=O) groups excluding carboxylic acids is 1. The van der Waals surface area contributed by atoms with Gasteiger partial charge in [0.05, 0.1) is 7.11 Å². The molecule has 0 aromatic heterocycles. The van der Waals surface area contributed by atoms with Crippen LogP contribution in [0.25, 0.3) is 0 Å². The van der Waals surface area contributed by atoms with Crippen LogP contribution in [-0.2, 0) is 10.2 Å². The molecule has 0 bridgehead atoms. The Morgan fingerprint density at radius 2 is 1.96 bits per heavy atom. The van der Waals surface area contributed by atoms with E-state index in [2.05, 4.69) is 50.8 Å². The molecule has 2 aliphatic rings. The van der Waals surface area contributed by atoms with Gasteiger partial charge in [0.25, 0.3) is 0 Å². The van der Waals surface area contributed by atoms with Crippen molar-refractivity contribution in [3.05, 3.63) is 35.4 Å². The molecule has 2 heterocycles. The predicted molar refractivity (Wildman–Crippen MR) is 112 cm³/mol. The van der Waals surface area contributed by atoms with Crippen LogP contribution in [0.3, 0.4) is 0 Å². The maximum absolute atomic E-state index is 12.9. The summed E-state index contributed by atoms with van der Waals surface area (Å²) in [5.41, 5.74) is 3.84. The first-order valence-corrected chi connectivity index (χ1v) is 10.2. The van der Waals surface area contributed by atoms with E-state index < -0.39 is 0 Å². The van der Waals surface area contributed by atoms with Gasteiger partial charge in [0.1, 0.15) is 5.75 Å². The molecule has 4 nitrogen and oxygen atoms in total. The van der Waals surface area contributed by atoms with Crippen molar-refractivity contribution < 1.29 is 9.53 Å². The smallest absolute Gasteiger partial charge is 0.227 e. The number of anilines is 1. The van der Waals surface area contributed by atoms with Crippen LogP contribution in [0.1, 0.15) is 52.5 Å². The standard InChI is InChI=1S/C23H34N2O2/c1-17(2)8-11-24-12-9-23(10-13-24)16-25(22(26)14-18(3)4)21-7-6-19(27-5)15-20(21)23/h6-8,15,18H,9-14,16H2,1-5H3. The quantitative estimate of drug-likeness (QED) is 0.721. The number of allylic oxidation sites excluding steroid dienone is 1. The lowest BCUT2D eigenvalue weighted by atomic mass is 9.74. The van der Waals surface area contributed by atoms with Crippen LogP contribution in [0.4, 0.5) is 5.69 Å². The van der Waals surface area contributed by atoms with Crippen molar-refractivity contribution in [2.75, 3.05) is 38.2 Å². The Labute approximate surface area is 164 Å². The molecule has 1 amide bonds. The molecule has 0 aliphatic carbocycles. The first-order chi connectivity index (χ1) is 12.8. The van der Waals surface area contributed by atoms with Gasteiger partial charge in [-0.2, -0.15) is 0 Å². The average molecular weight is 371 g/mol. The molecule has 1 fully saturated rings. The summed E-state index contributed by atoms with van der Waals surface area (Å²) in [5, 5.41) is 0. The van der Waals surface area contributed by atoms with E-state index >= 15 is 0 Å². The summed E-state index contributed by atoms with van der Waals surface area (Å²) in [6.45, 7) is 12.5. The van der Waals surface area contributed by atoms with Crippen LogP contribution in [0.2, 0.25) is 0 Å². The average Bonchev–Trinajstić information content (AvgIpc) is 2.94. The van der Waals surface area contributed by atoms with Crippen LogP contribution in [0.15, 0.2) is 29.8 Å². The number of amides is 1. The molecule has 1 aromatic rings. The number of nitrogens with zero attached hydrogens (tertiary/aromatic N) is 2. The minimum atomic E-state index is 0.0674. The van der Waals surface area contributed by atoms with Crippen LogP contribution < -0.4 is 9.64 Å². The Bertz CT molecular complexity index is 711. The third-order valence-corrected chi connectivity index (χ3v) is 5.98. The van der Waals surface area contributed by atoms with Gasteiger partial charge < -0.3 is 9.64 Å². The van der Waals surface area contributed by atoms with Crippen molar-refractivity contribution >= 4 is 11.6 Å². The Balaban J connectivity index is 1.85. The van der Waals surface area contributed by atoms with Crippen LogP contribution in [-0.4, -0.2) is 44.1 Å². The van der Waals surface area contributed by atoms with Gasteiger partial charge in [0.2, 0.25) is 5.91 Å². The van der Waals surface area contributed by atoms with E-state index in [0.717, 1.165) is 50.5 Å². The Morgan fingerprint density at radius 1 is 1.26 bits per heavy atom. The van der Waals surface area contributed by atoms with Gasteiger partial charge >= 0.3 is 0 Å². The molecule has 0 N–H and O–H groups in total. The summed E-state index contributed by atoms with van der Waals surface area (Å²) in [6.07, 6.45) is 5.10. The Hall–Kier alpha value is -1.81. The lowest BCUT2D eigenvalue weighted by molar-refractivity contribution is -0.119. The van der Waals surface area contributed by atoms with Crippen molar-refractivity contribution in [1.29, 1.82) is 0 Å². The number of hydrogen-bond acceptors (Lipinski definition) is 3. The maximum Gasteiger partial charge on any atom is 0.227 e. The summed E-state index contributed by atoms with van der Waals surface area (Å²) < 4.78 is 5.50. The third kappa shape index (κ3) is 4.21. The van der Waals surface area contributed by atoms with E-state index in [9.17, 15) is 4.79 Å². The summed E-state index contributed by atoms with van der Waals surface area (Å²) in [5.74, 6) is 1.51. The molecule has 27 heavy (non-hydrogen) atoms. The second-order valence-corrected chi connectivity index (χ2v) is 8.82. The minimum absolute atomic E-state index is 0.0674. The fourth-order valence-corrected chi connectivity index (χ4v) is 4.36.